The molecule has 3 rings (SSSR count). The number of carbonyl (C=O) groups is 1. The zero-order valence-corrected chi connectivity index (χ0v) is 11.7. The molecule has 19 heavy (non-hydrogen) atoms. The molecular weight excluding hydrogens is 240 g/mol. The molecule has 2 N–H and O–H groups in total. The van der Waals surface area contributed by atoms with Crippen LogP contribution in [0, 0.1) is 11.8 Å². The number of ether oxygens (including phenoxy) is 1. The minimum Gasteiger partial charge on any atom is -0.379 e. The number of hydrogen-bond acceptors (Lipinski definition) is 3. The monoisotopic (exact) mass is 266 g/mol. The third-order valence-electron chi connectivity index (χ3n) is 4.89. The van der Waals surface area contributed by atoms with Gasteiger partial charge in [0.1, 0.15) is 0 Å². The summed E-state index contributed by atoms with van der Waals surface area (Å²) in [6, 6.07) is 0.405. The van der Waals surface area contributed by atoms with Gasteiger partial charge in [-0.25, -0.2) is 0 Å². The smallest absolute Gasteiger partial charge is 0.229 e. The minimum atomic E-state index is -0.0971. The number of rotatable bonds is 4. The van der Waals surface area contributed by atoms with Gasteiger partial charge in [-0.15, -0.1) is 0 Å². The molecule has 0 spiro atoms. The molecule has 2 unspecified atom stereocenters. The number of amides is 1. The van der Waals surface area contributed by atoms with Gasteiger partial charge in [0, 0.05) is 18.6 Å². The lowest BCUT2D eigenvalue weighted by Gasteiger charge is -2.32. The van der Waals surface area contributed by atoms with Crippen LogP contribution in [-0.2, 0) is 9.53 Å². The summed E-state index contributed by atoms with van der Waals surface area (Å²) in [6.45, 7) is 2.03. The standard InChI is InChI=1S/C15H26N2O2/c16-14-10-19-9-13(14)15(18)17(12-6-7-12)8-11-4-2-1-3-5-11/h11-14H,1-10,16H2. The summed E-state index contributed by atoms with van der Waals surface area (Å²) in [4.78, 5) is 14.8. The van der Waals surface area contributed by atoms with Crippen molar-refractivity contribution in [1.82, 2.24) is 4.90 Å². The van der Waals surface area contributed by atoms with Crippen molar-refractivity contribution in [3.63, 3.8) is 0 Å². The Labute approximate surface area is 115 Å². The second-order valence-corrected chi connectivity index (χ2v) is 6.53. The maximum Gasteiger partial charge on any atom is 0.229 e. The van der Waals surface area contributed by atoms with Crippen LogP contribution in [0.25, 0.3) is 0 Å². The fourth-order valence-electron chi connectivity index (χ4n) is 3.49. The third kappa shape index (κ3) is 3.11. The molecule has 1 aliphatic heterocycles. The minimum absolute atomic E-state index is 0.0933. The van der Waals surface area contributed by atoms with Gasteiger partial charge in [0.15, 0.2) is 0 Å². The van der Waals surface area contributed by atoms with Gasteiger partial charge in [-0.05, 0) is 31.6 Å². The Morgan fingerprint density at radius 1 is 1.11 bits per heavy atom. The van der Waals surface area contributed by atoms with Gasteiger partial charge in [-0.1, -0.05) is 19.3 Å². The fourth-order valence-corrected chi connectivity index (χ4v) is 3.49. The zero-order valence-electron chi connectivity index (χ0n) is 11.7. The van der Waals surface area contributed by atoms with Crippen molar-refractivity contribution in [1.29, 1.82) is 0 Å². The maximum absolute atomic E-state index is 12.7. The molecule has 0 aromatic carbocycles. The molecule has 3 aliphatic rings. The van der Waals surface area contributed by atoms with Gasteiger partial charge in [-0.2, -0.15) is 0 Å². The van der Waals surface area contributed by atoms with Gasteiger partial charge in [0.2, 0.25) is 5.91 Å². The third-order valence-corrected chi connectivity index (χ3v) is 4.89. The van der Waals surface area contributed by atoms with Crippen molar-refractivity contribution in [2.75, 3.05) is 19.8 Å². The van der Waals surface area contributed by atoms with Crippen LogP contribution in [0.5, 0.6) is 0 Å². The predicted molar refractivity (Wildman–Crippen MR) is 73.6 cm³/mol. The van der Waals surface area contributed by atoms with E-state index in [9.17, 15) is 4.79 Å². The molecule has 2 saturated carbocycles. The van der Waals surface area contributed by atoms with Crippen molar-refractivity contribution in [3.8, 4) is 0 Å². The second kappa shape index (κ2) is 5.80. The van der Waals surface area contributed by atoms with E-state index >= 15 is 0 Å². The van der Waals surface area contributed by atoms with Crippen LogP contribution in [0.4, 0.5) is 0 Å². The van der Waals surface area contributed by atoms with Crippen molar-refractivity contribution < 1.29 is 9.53 Å². The molecule has 1 amide bonds. The van der Waals surface area contributed by atoms with Gasteiger partial charge >= 0.3 is 0 Å². The number of nitrogens with two attached hydrogens (primary N) is 1. The van der Waals surface area contributed by atoms with E-state index in [-0.39, 0.29) is 17.9 Å². The van der Waals surface area contributed by atoms with Gasteiger partial charge in [0.05, 0.1) is 19.1 Å². The number of nitrogens with zero attached hydrogens (tertiary/aromatic N) is 1. The molecule has 2 atom stereocenters. The predicted octanol–water partition coefficient (Wildman–Crippen LogP) is 1.53. The first-order valence-electron chi connectivity index (χ1n) is 7.89. The summed E-state index contributed by atoms with van der Waals surface area (Å²) in [5, 5.41) is 0. The Kier molecular flexibility index (Phi) is 4.08. The van der Waals surface area contributed by atoms with Crippen LogP contribution >= 0.6 is 0 Å². The molecule has 4 nitrogen and oxygen atoms in total. The Morgan fingerprint density at radius 2 is 1.84 bits per heavy atom. The molecule has 0 aromatic rings. The summed E-state index contributed by atoms with van der Waals surface area (Å²) in [6.07, 6.45) is 9.00. The van der Waals surface area contributed by atoms with Crippen molar-refractivity contribution in [3.05, 3.63) is 0 Å². The highest BCUT2D eigenvalue weighted by Gasteiger charge is 2.40. The van der Waals surface area contributed by atoms with Crippen LogP contribution in [0.1, 0.15) is 44.9 Å². The van der Waals surface area contributed by atoms with E-state index in [0.29, 0.717) is 19.3 Å². The molecule has 1 heterocycles. The summed E-state index contributed by atoms with van der Waals surface area (Å²) in [5.74, 6) is 0.888. The van der Waals surface area contributed by atoms with E-state index in [4.69, 9.17) is 10.5 Å². The highest BCUT2D eigenvalue weighted by molar-refractivity contribution is 5.80. The Morgan fingerprint density at radius 3 is 2.42 bits per heavy atom. The Balaban J connectivity index is 1.61. The van der Waals surface area contributed by atoms with Crippen LogP contribution in [0.15, 0.2) is 0 Å². The highest BCUT2D eigenvalue weighted by Crippen LogP contribution is 2.33. The van der Waals surface area contributed by atoms with Crippen molar-refractivity contribution >= 4 is 5.91 Å². The zero-order chi connectivity index (χ0) is 13.2. The second-order valence-electron chi connectivity index (χ2n) is 6.53. The largest absolute Gasteiger partial charge is 0.379 e. The Hall–Kier alpha value is -0.610. The highest BCUT2D eigenvalue weighted by atomic mass is 16.5. The summed E-state index contributed by atoms with van der Waals surface area (Å²) >= 11 is 0. The lowest BCUT2D eigenvalue weighted by molar-refractivity contribution is -0.137. The van der Waals surface area contributed by atoms with E-state index in [1.54, 1.807) is 0 Å². The number of hydrogen-bond donors (Lipinski definition) is 1. The summed E-state index contributed by atoms with van der Waals surface area (Å²) in [7, 11) is 0. The first-order chi connectivity index (χ1) is 9.25. The number of carbonyl (C=O) groups excluding carboxylic acids is 1. The molecule has 1 saturated heterocycles. The SMILES string of the molecule is NC1COCC1C(=O)N(CC1CCCCC1)C1CC1. The van der Waals surface area contributed by atoms with Gasteiger partial charge < -0.3 is 15.4 Å². The van der Waals surface area contributed by atoms with Gasteiger partial charge in [-0.3, -0.25) is 4.79 Å². The molecule has 4 heteroatoms. The summed E-state index contributed by atoms with van der Waals surface area (Å²) in [5.41, 5.74) is 6.00. The van der Waals surface area contributed by atoms with E-state index < -0.39 is 0 Å². The molecule has 0 aromatic heterocycles. The molecule has 2 aliphatic carbocycles. The quantitative estimate of drug-likeness (QED) is 0.839. The van der Waals surface area contributed by atoms with E-state index in [1.165, 1.54) is 44.9 Å². The van der Waals surface area contributed by atoms with Gasteiger partial charge in [0.25, 0.3) is 0 Å². The van der Waals surface area contributed by atoms with Crippen LogP contribution < -0.4 is 5.73 Å². The van der Waals surface area contributed by atoms with E-state index in [1.807, 2.05) is 0 Å². The van der Waals surface area contributed by atoms with E-state index in [2.05, 4.69) is 4.90 Å². The van der Waals surface area contributed by atoms with Crippen LogP contribution in [-0.4, -0.2) is 42.6 Å². The van der Waals surface area contributed by atoms with Crippen molar-refractivity contribution in [2.24, 2.45) is 17.6 Å². The van der Waals surface area contributed by atoms with Crippen molar-refractivity contribution in [2.45, 2.75) is 57.0 Å². The van der Waals surface area contributed by atoms with Crippen LogP contribution in [0.2, 0.25) is 0 Å². The molecule has 3 fully saturated rings. The normalized spacial score (nSPS) is 32.5. The lowest BCUT2D eigenvalue weighted by atomic mass is 9.88. The first kappa shape index (κ1) is 13.4. The average molecular weight is 266 g/mol. The van der Waals surface area contributed by atoms with E-state index in [0.717, 1.165) is 12.5 Å². The fraction of sp³-hybridized carbons (Fsp3) is 0.933. The first-order valence-corrected chi connectivity index (χ1v) is 7.89. The lowest BCUT2D eigenvalue weighted by Crippen LogP contribution is -2.46. The Bertz CT molecular complexity index is 324. The molecule has 108 valence electrons. The molecular formula is C15H26N2O2. The summed E-state index contributed by atoms with van der Waals surface area (Å²) < 4.78 is 5.36. The van der Waals surface area contributed by atoms with Crippen LogP contribution in [0.3, 0.4) is 0 Å². The average Bonchev–Trinajstić information content (AvgIpc) is 3.18. The maximum atomic E-state index is 12.7. The molecule has 0 radical (unpaired) electrons. The molecule has 0 bridgehead atoms. The topological polar surface area (TPSA) is 55.6 Å².